The second-order valence-electron chi connectivity index (χ2n) is 4.77. The van der Waals surface area contributed by atoms with Crippen LogP contribution in [0.2, 0.25) is 10.0 Å². The van der Waals surface area contributed by atoms with E-state index in [0.717, 1.165) is 12.0 Å². The highest BCUT2D eigenvalue weighted by Crippen LogP contribution is 2.40. The zero-order valence-corrected chi connectivity index (χ0v) is 13.6. The van der Waals surface area contributed by atoms with E-state index in [4.69, 9.17) is 23.2 Å². The fourth-order valence-electron chi connectivity index (χ4n) is 2.34. The van der Waals surface area contributed by atoms with Crippen molar-refractivity contribution in [1.82, 2.24) is 0 Å². The van der Waals surface area contributed by atoms with Crippen molar-refractivity contribution in [3.8, 4) is 0 Å². The van der Waals surface area contributed by atoms with E-state index in [2.05, 4.69) is 0 Å². The largest absolute Gasteiger partial charge is 0.481 e. The van der Waals surface area contributed by atoms with E-state index in [1.165, 1.54) is 5.57 Å². The molecule has 0 aromatic heterocycles. The van der Waals surface area contributed by atoms with Crippen LogP contribution < -0.4 is 0 Å². The molecule has 0 spiro atoms. The Bertz CT molecular complexity index is 523. The van der Waals surface area contributed by atoms with Gasteiger partial charge >= 0.3 is 5.97 Å². The summed E-state index contributed by atoms with van der Waals surface area (Å²) in [4.78, 5) is 11.7. The first-order chi connectivity index (χ1) is 9.45. The van der Waals surface area contributed by atoms with E-state index >= 15 is 0 Å². The number of carboxylic acids is 1. The summed E-state index contributed by atoms with van der Waals surface area (Å²) in [6.07, 6.45) is 3.90. The van der Waals surface area contributed by atoms with Gasteiger partial charge in [0, 0.05) is 0 Å². The van der Waals surface area contributed by atoms with Crippen molar-refractivity contribution >= 4 is 29.2 Å². The Hall–Kier alpha value is -0.990. The van der Waals surface area contributed by atoms with Crippen molar-refractivity contribution in [2.24, 2.45) is 0 Å². The van der Waals surface area contributed by atoms with Crippen LogP contribution in [-0.2, 0) is 10.2 Å². The lowest BCUT2D eigenvalue weighted by atomic mass is 9.70. The molecule has 0 aliphatic heterocycles. The number of carbonyl (C=O) groups is 1. The predicted octanol–water partition coefficient (Wildman–Crippen LogP) is 5.47. The van der Waals surface area contributed by atoms with Crippen LogP contribution in [0.5, 0.6) is 0 Å². The third-order valence-electron chi connectivity index (χ3n) is 3.63. The SMILES string of the molecule is CC.CC1=CCC(C(=O)O)(c2ccc(Cl)c(Cl)c2)CC1. The summed E-state index contributed by atoms with van der Waals surface area (Å²) in [6.45, 7) is 6.03. The lowest BCUT2D eigenvalue weighted by molar-refractivity contribution is -0.144. The van der Waals surface area contributed by atoms with Crippen LogP contribution in [-0.4, -0.2) is 11.1 Å². The maximum Gasteiger partial charge on any atom is 0.314 e. The monoisotopic (exact) mass is 314 g/mol. The molecule has 20 heavy (non-hydrogen) atoms. The molecule has 2 rings (SSSR count). The van der Waals surface area contributed by atoms with Gasteiger partial charge in [-0.15, -0.1) is 0 Å². The van der Waals surface area contributed by atoms with E-state index in [1.54, 1.807) is 18.2 Å². The normalized spacial score (nSPS) is 21.6. The molecule has 1 aliphatic carbocycles. The molecule has 110 valence electrons. The number of carboxylic acid groups (broad SMARTS) is 1. The van der Waals surface area contributed by atoms with Crippen LogP contribution in [0.25, 0.3) is 0 Å². The molecule has 1 aromatic carbocycles. The van der Waals surface area contributed by atoms with Crippen LogP contribution in [0.15, 0.2) is 29.8 Å². The van der Waals surface area contributed by atoms with Crippen LogP contribution in [0.1, 0.15) is 45.6 Å². The minimum atomic E-state index is -0.867. The number of aliphatic carboxylic acids is 1. The third kappa shape index (κ3) is 3.36. The van der Waals surface area contributed by atoms with E-state index < -0.39 is 11.4 Å². The van der Waals surface area contributed by atoms with Gasteiger partial charge in [-0.2, -0.15) is 0 Å². The minimum absolute atomic E-state index is 0.404. The molecular weight excluding hydrogens is 295 g/mol. The molecule has 0 fully saturated rings. The van der Waals surface area contributed by atoms with Crippen LogP contribution in [0.3, 0.4) is 0 Å². The van der Waals surface area contributed by atoms with Gasteiger partial charge in [0.25, 0.3) is 0 Å². The van der Waals surface area contributed by atoms with Gasteiger partial charge in [-0.05, 0) is 43.9 Å². The molecule has 0 saturated heterocycles. The van der Waals surface area contributed by atoms with Crippen molar-refractivity contribution in [2.75, 3.05) is 0 Å². The Balaban J connectivity index is 0.000000956. The number of allylic oxidation sites excluding steroid dienone is 2. The molecule has 0 radical (unpaired) electrons. The summed E-state index contributed by atoms with van der Waals surface area (Å²) >= 11 is 11.9. The van der Waals surface area contributed by atoms with Gasteiger partial charge in [0.1, 0.15) is 0 Å². The summed E-state index contributed by atoms with van der Waals surface area (Å²) in [5.74, 6) is -0.801. The van der Waals surface area contributed by atoms with E-state index in [-0.39, 0.29) is 0 Å². The maximum atomic E-state index is 11.7. The van der Waals surface area contributed by atoms with Gasteiger partial charge in [-0.1, -0.05) is 54.8 Å². The summed E-state index contributed by atoms with van der Waals surface area (Å²) in [5.41, 5.74) is 1.10. The van der Waals surface area contributed by atoms with Gasteiger partial charge in [0.15, 0.2) is 0 Å². The topological polar surface area (TPSA) is 37.3 Å². The molecule has 2 nitrogen and oxygen atoms in total. The Morgan fingerprint density at radius 2 is 1.90 bits per heavy atom. The van der Waals surface area contributed by atoms with Crippen LogP contribution in [0.4, 0.5) is 0 Å². The summed E-state index contributed by atoms with van der Waals surface area (Å²) in [7, 11) is 0. The fourth-order valence-corrected chi connectivity index (χ4v) is 2.63. The van der Waals surface area contributed by atoms with Gasteiger partial charge in [-0.3, -0.25) is 4.79 Å². The van der Waals surface area contributed by atoms with E-state index in [9.17, 15) is 9.90 Å². The number of hydrogen-bond donors (Lipinski definition) is 1. The number of halogens is 2. The third-order valence-corrected chi connectivity index (χ3v) is 4.37. The van der Waals surface area contributed by atoms with Crippen molar-refractivity contribution < 1.29 is 9.90 Å². The average molecular weight is 315 g/mol. The molecule has 1 atom stereocenters. The second-order valence-corrected chi connectivity index (χ2v) is 5.59. The van der Waals surface area contributed by atoms with Crippen molar-refractivity contribution in [3.63, 3.8) is 0 Å². The Kier molecular flexibility index (Phi) is 6.09. The standard InChI is InChI=1S/C14H14Cl2O2.C2H6/c1-9-4-6-14(7-5-9,13(17)18)10-2-3-11(15)12(16)8-10;1-2/h2-4,8H,5-7H2,1H3,(H,17,18);1-2H3. The molecule has 1 unspecified atom stereocenters. The number of benzene rings is 1. The van der Waals surface area contributed by atoms with E-state index in [0.29, 0.717) is 22.9 Å². The molecule has 0 bridgehead atoms. The summed E-state index contributed by atoms with van der Waals surface area (Å²) in [5, 5.41) is 10.4. The Morgan fingerprint density at radius 3 is 2.35 bits per heavy atom. The molecule has 0 saturated carbocycles. The number of hydrogen-bond acceptors (Lipinski definition) is 1. The Labute approximate surface area is 130 Å². The highest BCUT2D eigenvalue weighted by Gasteiger charge is 2.41. The first kappa shape index (κ1) is 17.1. The average Bonchev–Trinajstić information content (AvgIpc) is 2.45. The smallest absolute Gasteiger partial charge is 0.314 e. The molecule has 1 N–H and O–H groups in total. The molecular formula is C16H20Cl2O2. The molecule has 0 heterocycles. The first-order valence-electron chi connectivity index (χ1n) is 6.80. The second kappa shape index (κ2) is 7.14. The predicted molar refractivity (Wildman–Crippen MR) is 84.7 cm³/mol. The van der Waals surface area contributed by atoms with Gasteiger partial charge in [0.05, 0.1) is 15.5 Å². The first-order valence-corrected chi connectivity index (χ1v) is 7.56. The fraction of sp³-hybridized carbons (Fsp3) is 0.438. The van der Waals surface area contributed by atoms with Crippen molar-refractivity contribution in [2.45, 2.75) is 45.4 Å². The maximum absolute atomic E-state index is 11.7. The van der Waals surface area contributed by atoms with Gasteiger partial charge in [-0.25, -0.2) is 0 Å². The lowest BCUT2D eigenvalue weighted by Gasteiger charge is -2.32. The molecule has 1 aromatic rings. The van der Waals surface area contributed by atoms with Crippen LogP contribution in [0, 0.1) is 0 Å². The molecule has 4 heteroatoms. The van der Waals surface area contributed by atoms with Gasteiger partial charge in [0.2, 0.25) is 0 Å². The minimum Gasteiger partial charge on any atom is -0.481 e. The summed E-state index contributed by atoms with van der Waals surface area (Å²) < 4.78 is 0. The highest BCUT2D eigenvalue weighted by atomic mass is 35.5. The van der Waals surface area contributed by atoms with Gasteiger partial charge < -0.3 is 5.11 Å². The van der Waals surface area contributed by atoms with Crippen LogP contribution >= 0.6 is 23.2 Å². The highest BCUT2D eigenvalue weighted by molar-refractivity contribution is 6.42. The zero-order chi connectivity index (χ0) is 15.3. The molecule has 0 amide bonds. The lowest BCUT2D eigenvalue weighted by Crippen LogP contribution is -2.37. The Morgan fingerprint density at radius 1 is 1.25 bits per heavy atom. The summed E-state index contributed by atoms with van der Waals surface area (Å²) in [6, 6.07) is 5.10. The van der Waals surface area contributed by atoms with Crippen molar-refractivity contribution in [1.29, 1.82) is 0 Å². The van der Waals surface area contributed by atoms with E-state index in [1.807, 2.05) is 26.8 Å². The van der Waals surface area contributed by atoms with Crippen molar-refractivity contribution in [3.05, 3.63) is 45.5 Å². The zero-order valence-electron chi connectivity index (χ0n) is 12.0. The number of rotatable bonds is 2. The molecule has 1 aliphatic rings. The quantitative estimate of drug-likeness (QED) is 0.735.